The van der Waals surface area contributed by atoms with Gasteiger partial charge in [-0.1, -0.05) is 32.0 Å². The summed E-state index contributed by atoms with van der Waals surface area (Å²) in [6, 6.07) is 9.25. The molecule has 2 aromatic heterocycles. The molecule has 10 heteroatoms. The van der Waals surface area contributed by atoms with Crippen LogP contribution in [0.25, 0.3) is 11.0 Å². The molecule has 1 fully saturated rings. The number of halogens is 1. The molecule has 1 amide bonds. The number of anilines is 2. The van der Waals surface area contributed by atoms with Crippen molar-refractivity contribution in [2.45, 2.75) is 43.8 Å². The third-order valence-corrected chi connectivity index (χ3v) is 7.66. The van der Waals surface area contributed by atoms with Gasteiger partial charge < -0.3 is 15.5 Å². The molecular formula is C23H28FN5O3S. The van der Waals surface area contributed by atoms with Crippen molar-refractivity contribution in [1.82, 2.24) is 13.9 Å². The van der Waals surface area contributed by atoms with Gasteiger partial charge in [0.1, 0.15) is 6.17 Å². The molecule has 0 radical (unpaired) electrons. The highest BCUT2D eigenvalue weighted by Gasteiger charge is 2.30. The Balaban J connectivity index is 1.78. The maximum Gasteiger partial charge on any atom is 0.269 e. The zero-order chi connectivity index (χ0) is 23.6. The van der Waals surface area contributed by atoms with Gasteiger partial charge in [0.05, 0.1) is 28.5 Å². The lowest BCUT2D eigenvalue weighted by atomic mass is 10.0. The number of likely N-dealkylation sites (tertiary alicyclic amines) is 1. The highest BCUT2D eigenvalue weighted by molar-refractivity contribution is 7.90. The molecule has 1 aromatic carbocycles. The second-order valence-electron chi connectivity index (χ2n) is 8.06. The summed E-state index contributed by atoms with van der Waals surface area (Å²) >= 11 is 0. The first-order valence-corrected chi connectivity index (χ1v) is 12.5. The Kier molecular flexibility index (Phi) is 6.66. The summed E-state index contributed by atoms with van der Waals surface area (Å²) in [5.41, 5.74) is 1.08. The van der Waals surface area contributed by atoms with Crippen LogP contribution in [-0.4, -0.2) is 60.0 Å². The number of alkyl halides is 1. The average molecular weight is 474 g/mol. The first kappa shape index (κ1) is 23.2. The van der Waals surface area contributed by atoms with Gasteiger partial charge in [0, 0.05) is 31.1 Å². The van der Waals surface area contributed by atoms with Crippen LogP contribution < -0.4 is 10.6 Å². The van der Waals surface area contributed by atoms with Gasteiger partial charge in [-0.3, -0.25) is 4.79 Å². The van der Waals surface area contributed by atoms with Crippen molar-refractivity contribution in [2.75, 3.05) is 30.3 Å². The Morgan fingerprint density at radius 3 is 2.64 bits per heavy atom. The minimum Gasteiger partial charge on any atom is -0.377 e. The van der Waals surface area contributed by atoms with E-state index in [1.54, 1.807) is 31.2 Å². The number of nitrogens with one attached hydrogen (secondary N) is 2. The van der Waals surface area contributed by atoms with Crippen molar-refractivity contribution < 1.29 is 17.6 Å². The number of benzene rings is 1. The second-order valence-corrected chi connectivity index (χ2v) is 9.88. The fourth-order valence-corrected chi connectivity index (χ4v) is 5.38. The number of pyridine rings is 1. The fourth-order valence-electron chi connectivity index (χ4n) is 4.05. The first-order valence-electron chi connectivity index (χ1n) is 11.1. The summed E-state index contributed by atoms with van der Waals surface area (Å²) in [5, 5.41) is 6.55. The predicted molar refractivity (Wildman–Crippen MR) is 127 cm³/mol. The van der Waals surface area contributed by atoms with Crippen LogP contribution in [0, 0.1) is 0 Å². The van der Waals surface area contributed by atoms with Crippen molar-refractivity contribution in [3.05, 3.63) is 48.8 Å². The Morgan fingerprint density at radius 1 is 1.21 bits per heavy atom. The third-order valence-electron chi connectivity index (χ3n) is 5.98. The van der Waals surface area contributed by atoms with Gasteiger partial charge in [0.25, 0.3) is 10.0 Å². The van der Waals surface area contributed by atoms with Crippen LogP contribution in [0.2, 0.25) is 0 Å². The summed E-state index contributed by atoms with van der Waals surface area (Å²) in [6.07, 6.45) is 2.60. The lowest BCUT2D eigenvalue weighted by Crippen LogP contribution is -2.47. The van der Waals surface area contributed by atoms with Crippen molar-refractivity contribution in [3.8, 4) is 0 Å². The van der Waals surface area contributed by atoms with E-state index in [0.29, 0.717) is 29.7 Å². The van der Waals surface area contributed by atoms with Gasteiger partial charge >= 0.3 is 0 Å². The fraction of sp³-hybridized carbons (Fsp3) is 0.391. The predicted octanol–water partition coefficient (Wildman–Crippen LogP) is 3.47. The van der Waals surface area contributed by atoms with Gasteiger partial charge in [-0.2, -0.15) is 0 Å². The molecule has 3 heterocycles. The molecule has 2 atom stereocenters. The van der Waals surface area contributed by atoms with Crippen LogP contribution in [0.1, 0.15) is 26.7 Å². The molecule has 0 bridgehead atoms. The summed E-state index contributed by atoms with van der Waals surface area (Å²) in [5.74, 6) is -0.215. The minimum absolute atomic E-state index is 0.137. The number of rotatable bonds is 7. The monoisotopic (exact) mass is 473 g/mol. The number of hydrogen-bond donors (Lipinski definition) is 2. The van der Waals surface area contributed by atoms with Gasteiger partial charge in [-0.15, -0.1) is 0 Å². The van der Waals surface area contributed by atoms with Crippen LogP contribution in [0.3, 0.4) is 0 Å². The van der Waals surface area contributed by atoms with E-state index >= 15 is 0 Å². The molecule has 1 aliphatic heterocycles. The van der Waals surface area contributed by atoms with E-state index in [1.165, 1.54) is 24.5 Å². The van der Waals surface area contributed by atoms with Crippen molar-refractivity contribution >= 4 is 38.3 Å². The maximum atomic E-state index is 14.9. The highest BCUT2D eigenvalue weighted by atomic mass is 32.2. The van der Waals surface area contributed by atoms with Crippen LogP contribution in [0.4, 0.5) is 15.8 Å². The largest absolute Gasteiger partial charge is 0.377 e. The van der Waals surface area contributed by atoms with E-state index in [9.17, 15) is 17.6 Å². The standard InChI is InChI=1S/C23H28FN5O3S/c1-3-21(30)26-20-14-25-23-17(22(20)27-19-11-12-28(4-2)15-18(19)24)10-13-29(23)33(31,32)16-8-6-5-7-9-16/h5-10,13-14,18-19H,3-4,11-12,15H2,1-2H3,(H,25,27)(H,26,30)/t18-,19+/m0/s1. The molecule has 0 spiro atoms. The lowest BCUT2D eigenvalue weighted by Gasteiger charge is -2.35. The Morgan fingerprint density at radius 2 is 1.97 bits per heavy atom. The van der Waals surface area contributed by atoms with Crippen molar-refractivity contribution in [2.24, 2.45) is 0 Å². The molecule has 33 heavy (non-hydrogen) atoms. The minimum atomic E-state index is -3.88. The number of piperidine rings is 1. The van der Waals surface area contributed by atoms with Crippen LogP contribution >= 0.6 is 0 Å². The SMILES string of the molecule is CCC(=O)Nc1cnc2c(ccn2S(=O)(=O)c2ccccc2)c1N[C@@H]1CCN(CC)C[C@@H]1F. The van der Waals surface area contributed by atoms with Gasteiger partial charge in [-0.05, 0) is 31.2 Å². The van der Waals surface area contributed by atoms with Gasteiger partial charge in [0.15, 0.2) is 5.65 Å². The second kappa shape index (κ2) is 9.48. The molecule has 1 saturated heterocycles. The Hall–Kier alpha value is -2.98. The molecule has 2 N–H and O–H groups in total. The smallest absolute Gasteiger partial charge is 0.269 e. The van der Waals surface area contributed by atoms with Crippen LogP contribution in [0.5, 0.6) is 0 Å². The number of fused-ring (bicyclic) bond motifs is 1. The number of carbonyl (C=O) groups excluding carboxylic acids is 1. The topological polar surface area (TPSA) is 96.3 Å². The molecule has 1 aliphatic rings. The Bertz CT molecular complexity index is 1250. The number of amides is 1. The molecule has 0 aliphatic carbocycles. The summed E-state index contributed by atoms with van der Waals surface area (Å²) in [7, 11) is -3.88. The van der Waals surface area contributed by atoms with Gasteiger partial charge in [-0.25, -0.2) is 21.8 Å². The number of hydrogen-bond acceptors (Lipinski definition) is 6. The molecule has 0 unspecified atom stereocenters. The molecular weight excluding hydrogens is 445 g/mol. The van der Waals surface area contributed by atoms with E-state index in [2.05, 4.69) is 15.6 Å². The van der Waals surface area contributed by atoms with Crippen LogP contribution in [-0.2, 0) is 14.8 Å². The number of aromatic nitrogens is 2. The number of carbonyl (C=O) groups is 1. The molecule has 176 valence electrons. The third kappa shape index (κ3) is 4.58. The van der Waals surface area contributed by atoms with Gasteiger partial charge in [0.2, 0.25) is 5.91 Å². The van der Waals surface area contributed by atoms with E-state index < -0.39 is 22.2 Å². The van der Waals surface area contributed by atoms with E-state index in [-0.39, 0.29) is 22.9 Å². The average Bonchev–Trinajstić information content (AvgIpc) is 3.27. The van der Waals surface area contributed by atoms with Crippen molar-refractivity contribution in [3.63, 3.8) is 0 Å². The Labute approximate surface area is 192 Å². The lowest BCUT2D eigenvalue weighted by molar-refractivity contribution is -0.115. The molecule has 3 aromatic rings. The zero-order valence-corrected chi connectivity index (χ0v) is 19.5. The molecule has 4 rings (SSSR count). The summed E-state index contributed by atoms with van der Waals surface area (Å²) in [4.78, 5) is 18.6. The normalized spacial score (nSPS) is 19.5. The zero-order valence-electron chi connectivity index (χ0n) is 18.7. The van der Waals surface area contributed by atoms with E-state index in [1.807, 2.05) is 11.8 Å². The molecule has 0 saturated carbocycles. The number of nitrogens with zero attached hydrogens (tertiary/aromatic N) is 3. The first-order chi connectivity index (χ1) is 15.8. The summed E-state index contributed by atoms with van der Waals surface area (Å²) < 4.78 is 42.5. The maximum absolute atomic E-state index is 14.9. The molecule has 8 nitrogen and oxygen atoms in total. The quantitative estimate of drug-likeness (QED) is 0.546. The summed E-state index contributed by atoms with van der Waals surface area (Å²) in [6.45, 7) is 5.59. The van der Waals surface area contributed by atoms with E-state index in [4.69, 9.17) is 0 Å². The van der Waals surface area contributed by atoms with Crippen LogP contribution in [0.15, 0.2) is 53.7 Å². The van der Waals surface area contributed by atoms with E-state index in [0.717, 1.165) is 17.1 Å². The van der Waals surface area contributed by atoms with Crippen molar-refractivity contribution in [1.29, 1.82) is 0 Å². The highest BCUT2D eigenvalue weighted by Crippen LogP contribution is 2.34.